The second kappa shape index (κ2) is 3.93. The Hall–Kier alpha value is 0.0100. The lowest BCUT2D eigenvalue weighted by molar-refractivity contribution is 0.131. The molecule has 0 bridgehead atoms. The molecule has 1 heterocycles. The average Bonchev–Trinajstić information content (AvgIpc) is 2.13. The molecule has 1 aliphatic heterocycles. The van der Waals surface area contributed by atoms with Gasteiger partial charge < -0.3 is 4.74 Å². The lowest BCUT2D eigenvalue weighted by atomic mass is 10.1. The number of rotatable bonds is 1. The van der Waals surface area contributed by atoms with E-state index in [4.69, 9.17) is 17.0 Å². The van der Waals surface area contributed by atoms with Gasteiger partial charge in [-0.1, -0.05) is 12.2 Å². The number of thiocarbonyl (C=S) groups is 1. The Kier molecular flexibility index (Phi) is 3.11. The van der Waals surface area contributed by atoms with Crippen molar-refractivity contribution in [1.82, 2.24) is 5.32 Å². The van der Waals surface area contributed by atoms with E-state index in [1.165, 1.54) is 0 Å². The maximum absolute atomic E-state index is 5.15. The van der Waals surface area contributed by atoms with Crippen molar-refractivity contribution < 1.29 is 4.74 Å². The molecule has 0 amide bonds. The van der Waals surface area contributed by atoms with E-state index in [1.807, 2.05) is 5.37 Å². The molecule has 0 saturated carbocycles. The number of nitrogens with one attached hydrogen (secondary N) is 1. The van der Waals surface area contributed by atoms with Crippen LogP contribution in [0.15, 0.2) is 0 Å². The standard InChI is InChI=1S/C6H11NOS/c9-4-6-1-2-8-5-7-3-6/h4,6-7H,1-3,5H2. The monoisotopic (exact) mass is 145 g/mol. The smallest absolute Gasteiger partial charge is 0.0965 e. The van der Waals surface area contributed by atoms with Crippen LogP contribution >= 0.6 is 12.2 Å². The van der Waals surface area contributed by atoms with Gasteiger partial charge in [-0.05, 0) is 11.8 Å². The highest BCUT2D eigenvalue weighted by Crippen LogP contribution is 2.01. The van der Waals surface area contributed by atoms with Crippen molar-refractivity contribution in [3.63, 3.8) is 0 Å². The van der Waals surface area contributed by atoms with Crippen LogP contribution in [0.1, 0.15) is 6.42 Å². The zero-order valence-corrected chi connectivity index (χ0v) is 6.12. The van der Waals surface area contributed by atoms with E-state index in [-0.39, 0.29) is 0 Å². The summed E-state index contributed by atoms with van der Waals surface area (Å²) in [5.74, 6) is 0.530. The Labute approximate surface area is 60.6 Å². The molecule has 1 atom stereocenters. The molecule has 0 aromatic heterocycles. The molecule has 1 aliphatic rings. The highest BCUT2D eigenvalue weighted by atomic mass is 32.1. The summed E-state index contributed by atoms with van der Waals surface area (Å²) in [4.78, 5) is 0. The molecule has 1 fully saturated rings. The third-order valence-electron chi connectivity index (χ3n) is 1.44. The quantitative estimate of drug-likeness (QED) is 0.545. The van der Waals surface area contributed by atoms with Gasteiger partial charge in [-0.2, -0.15) is 0 Å². The number of hydrogen-bond donors (Lipinski definition) is 1. The summed E-state index contributed by atoms with van der Waals surface area (Å²) >= 11 is 4.81. The molecule has 0 radical (unpaired) electrons. The molecule has 3 heteroatoms. The van der Waals surface area contributed by atoms with E-state index >= 15 is 0 Å². The fraction of sp³-hybridized carbons (Fsp3) is 0.833. The van der Waals surface area contributed by atoms with Crippen LogP contribution in [0.2, 0.25) is 0 Å². The molecule has 9 heavy (non-hydrogen) atoms. The first kappa shape index (κ1) is 7.12. The molecule has 0 aromatic carbocycles. The Morgan fingerprint density at radius 1 is 1.67 bits per heavy atom. The van der Waals surface area contributed by atoms with Crippen molar-refractivity contribution in [2.75, 3.05) is 19.9 Å². The van der Waals surface area contributed by atoms with Crippen LogP contribution in [-0.2, 0) is 4.74 Å². The topological polar surface area (TPSA) is 21.3 Å². The van der Waals surface area contributed by atoms with Gasteiger partial charge >= 0.3 is 0 Å². The van der Waals surface area contributed by atoms with E-state index in [9.17, 15) is 0 Å². The summed E-state index contributed by atoms with van der Waals surface area (Å²) in [6.45, 7) is 2.49. The van der Waals surface area contributed by atoms with Gasteiger partial charge in [0, 0.05) is 19.1 Å². The fourth-order valence-corrected chi connectivity index (χ4v) is 1.07. The van der Waals surface area contributed by atoms with Crippen molar-refractivity contribution in [2.45, 2.75) is 6.42 Å². The Balaban J connectivity index is 2.26. The lowest BCUT2D eigenvalue weighted by Crippen LogP contribution is -2.21. The van der Waals surface area contributed by atoms with Crippen LogP contribution in [0, 0.1) is 5.92 Å². The largest absolute Gasteiger partial charge is 0.366 e. The van der Waals surface area contributed by atoms with E-state index in [0.29, 0.717) is 12.6 Å². The van der Waals surface area contributed by atoms with E-state index < -0.39 is 0 Å². The summed E-state index contributed by atoms with van der Waals surface area (Å²) in [6, 6.07) is 0. The lowest BCUT2D eigenvalue weighted by Gasteiger charge is -2.03. The van der Waals surface area contributed by atoms with E-state index in [1.54, 1.807) is 0 Å². The summed E-state index contributed by atoms with van der Waals surface area (Å²) in [5.41, 5.74) is 0. The molecule has 0 spiro atoms. The fourth-order valence-electron chi connectivity index (χ4n) is 0.842. The Morgan fingerprint density at radius 2 is 2.56 bits per heavy atom. The third-order valence-corrected chi connectivity index (χ3v) is 1.82. The Bertz CT molecular complexity index is 89.1. The minimum absolute atomic E-state index is 0.530. The molecule has 52 valence electrons. The zero-order valence-electron chi connectivity index (χ0n) is 5.30. The van der Waals surface area contributed by atoms with Gasteiger partial charge in [-0.25, -0.2) is 0 Å². The maximum Gasteiger partial charge on any atom is 0.0965 e. The molecular formula is C6H11NOS. The first-order chi connectivity index (χ1) is 4.43. The van der Waals surface area contributed by atoms with Crippen molar-refractivity contribution in [2.24, 2.45) is 5.92 Å². The molecule has 1 saturated heterocycles. The second-order valence-corrected chi connectivity index (χ2v) is 2.46. The van der Waals surface area contributed by atoms with Gasteiger partial charge in [0.25, 0.3) is 0 Å². The highest BCUT2D eigenvalue weighted by Gasteiger charge is 2.07. The van der Waals surface area contributed by atoms with Crippen LogP contribution in [0.25, 0.3) is 0 Å². The summed E-state index contributed by atoms with van der Waals surface area (Å²) < 4.78 is 5.15. The summed E-state index contributed by atoms with van der Waals surface area (Å²) in [6.07, 6.45) is 1.07. The van der Waals surface area contributed by atoms with Gasteiger partial charge in [0.1, 0.15) is 0 Å². The molecule has 1 N–H and O–H groups in total. The van der Waals surface area contributed by atoms with Crippen molar-refractivity contribution in [3.8, 4) is 0 Å². The summed E-state index contributed by atoms with van der Waals surface area (Å²) in [5, 5.41) is 4.95. The van der Waals surface area contributed by atoms with E-state index in [0.717, 1.165) is 19.6 Å². The molecule has 1 rings (SSSR count). The van der Waals surface area contributed by atoms with Gasteiger partial charge in [0.05, 0.1) is 6.73 Å². The van der Waals surface area contributed by atoms with Gasteiger partial charge in [-0.3, -0.25) is 5.32 Å². The predicted molar refractivity (Wildman–Crippen MR) is 40.6 cm³/mol. The first-order valence-electron chi connectivity index (χ1n) is 3.17. The van der Waals surface area contributed by atoms with Crippen LogP contribution in [0.5, 0.6) is 0 Å². The van der Waals surface area contributed by atoms with E-state index in [2.05, 4.69) is 5.32 Å². The molecule has 0 aliphatic carbocycles. The molecule has 2 nitrogen and oxygen atoms in total. The van der Waals surface area contributed by atoms with Gasteiger partial charge in [0.15, 0.2) is 0 Å². The Morgan fingerprint density at radius 3 is 3.33 bits per heavy atom. The summed E-state index contributed by atoms with van der Waals surface area (Å²) in [7, 11) is 0. The van der Waals surface area contributed by atoms with Crippen molar-refractivity contribution >= 4 is 17.6 Å². The van der Waals surface area contributed by atoms with Crippen LogP contribution in [0.4, 0.5) is 0 Å². The van der Waals surface area contributed by atoms with Crippen LogP contribution < -0.4 is 5.32 Å². The molecular weight excluding hydrogens is 134 g/mol. The maximum atomic E-state index is 5.15. The number of ether oxygens (including phenoxy) is 1. The molecule has 1 unspecified atom stereocenters. The minimum Gasteiger partial charge on any atom is -0.366 e. The minimum atomic E-state index is 0.530. The third kappa shape index (κ3) is 2.39. The predicted octanol–water partition coefficient (Wildman–Crippen LogP) is 0.570. The second-order valence-electron chi connectivity index (χ2n) is 2.19. The SMILES string of the molecule is S=CC1CCOCNC1. The zero-order chi connectivity index (χ0) is 6.53. The first-order valence-corrected chi connectivity index (χ1v) is 3.64. The average molecular weight is 145 g/mol. The van der Waals surface area contributed by atoms with Crippen LogP contribution in [-0.4, -0.2) is 25.2 Å². The highest BCUT2D eigenvalue weighted by molar-refractivity contribution is 7.79. The molecule has 0 aromatic rings. The number of hydrogen-bond acceptors (Lipinski definition) is 3. The van der Waals surface area contributed by atoms with Gasteiger partial charge in [-0.15, -0.1) is 0 Å². The normalized spacial score (nSPS) is 29.1. The van der Waals surface area contributed by atoms with Crippen molar-refractivity contribution in [3.05, 3.63) is 0 Å². The van der Waals surface area contributed by atoms with Crippen molar-refractivity contribution in [1.29, 1.82) is 0 Å². The van der Waals surface area contributed by atoms with Crippen LogP contribution in [0.3, 0.4) is 0 Å². The van der Waals surface area contributed by atoms with Gasteiger partial charge in [0.2, 0.25) is 0 Å².